The molecule has 7 heteroatoms. The molecule has 100 valence electrons. The highest BCUT2D eigenvalue weighted by Crippen LogP contribution is 2.28. The summed E-state index contributed by atoms with van der Waals surface area (Å²) in [5.41, 5.74) is 5.25. The maximum absolute atomic E-state index is 12.3. The summed E-state index contributed by atoms with van der Waals surface area (Å²) in [6, 6.07) is -0.487. The fourth-order valence-electron chi connectivity index (χ4n) is 2.03. The summed E-state index contributed by atoms with van der Waals surface area (Å²) in [5.74, 6) is 0.599. The molecule has 0 saturated carbocycles. The highest BCUT2D eigenvalue weighted by molar-refractivity contribution is 5.83. The number of amides is 1. The van der Waals surface area contributed by atoms with Gasteiger partial charge < -0.3 is 20.4 Å². The monoisotopic (exact) mass is 253 g/mol. The third-order valence-corrected chi connectivity index (χ3v) is 3.52. The van der Waals surface area contributed by atoms with Crippen molar-refractivity contribution in [3.63, 3.8) is 0 Å². The van der Waals surface area contributed by atoms with Crippen LogP contribution in [0.2, 0.25) is 0 Å². The second-order valence-corrected chi connectivity index (χ2v) is 5.03. The van der Waals surface area contributed by atoms with Crippen molar-refractivity contribution in [1.82, 2.24) is 20.1 Å². The summed E-state index contributed by atoms with van der Waals surface area (Å²) >= 11 is 0. The van der Waals surface area contributed by atoms with Gasteiger partial charge in [0.15, 0.2) is 5.82 Å². The van der Waals surface area contributed by atoms with Crippen molar-refractivity contribution in [1.29, 1.82) is 0 Å². The first kappa shape index (κ1) is 13.0. The van der Waals surface area contributed by atoms with Crippen molar-refractivity contribution in [2.24, 2.45) is 18.2 Å². The molecule has 0 bridgehead atoms. The van der Waals surface area contributed by atoms with E-state index in [1.807, 2.05) is 20.9 Å². The number of rotatable bonds is 3. The quantitative estimate of drug-likeness (QED) is 0.747. The minimum atomic E-state index is -0.674. The fourth-order valence-corrected chi connectivity index (χ4v) is 2.03. The number of carbonyl (C=O) groups excluding carboxylic acids is 1. The van der Waals surface area contributed by atoms with Crippen molar-refractivity contribution in [2.75, 3.05) is 13.2 Å². The number of nitrogens with one attached hydrogen (secondary N) is 1. The maximum Gasteiger partial charge on any atom is 0.230 e. The summed E-state index contributed by atoms with van der Waals surface area (Å²) in [6.45, 7) is 4.46. The number of hydrogen-bond acceptors (Lipinski definition) is 5. The van der Waals surface area contributed by atoms with Crippen LogP contribution in [0.5, 0.6) is 0 Å². The second kappa shape index (κ2) is 4.66. The van der Waals surface area contributed by atoms with Gasteiger partial charge in [0.1, 0.15) is 6.33 Å². The highest BCUT2D eigenvalue weighted by Gasteiger charge is 2.44. The molecule has 1 aromatic heterocycles. The molecule has 1 aliphatic rings. The Morgan fingerprint density at radius 2 is 2.50 bits per heavy atom. The van der Waals surface area contributed by atoms with Crippen molar-refractivity contribution in [3.05, 3.63) is 12.2 Å². The average Bonchev–Trinajstić information content (AvgIpc) is 2.87. The molecule has 18 heavy (non-hydrogen) atoms. The number of nitrogens with zero attached hydrogens (tertiary/aromatic N) is 3. The summed E-state index contributed by atoms with van der Waals surface area (Å²) in [5, 5.41) is 10.7. The minimum absolute atomic E-state index is 0.108. The molecule has 0 aromatic carbocycles. The van der Waals surface area contributed by atoms with Crippen molar-refractivity contribution in [3.8, 4) is 0 Å². The molecule has 0 spiro atoms. The van der Waals surface area contributed by atoms with Gasteiger partial charge in [0.25, 0.3) is 0 Å². The molecule has 3 unspecified atom stereocenters. The molecule has 3 N–H and O–H groups in total. The number of aryl methyl sites for hydroxylation is 1. The normalized spacial score (nSPS) is 29.2. The van der Waals surface area contributed by atoms with E-state index in [9.17, 15) is 4.79 Å². The van der Waals surface area contributed by atoms with E-state index in [0.717, 1.165) is 0 Å². The maximum atomic E-state index is 12.3. The number of ether oxygens (including phenoxy) is 1. The van der Waals surface area contributed by atoms with Gasteiger partial charge in [-0.25, -0.2) is 0 Å². The zero-order valence-corrected chi connectivity index (χ0v) is 10.9. The van der Waals surface area contributed by atoms with Crippen LogP contribution >= 0.6 is 0 Å². The van der Waals surface area contributed by atoms with Gasteiger partial charge in [-0.1, -0.05) is 0 Å². The Morgan fingerprint density at radius 3 is 3.00 bits per heavy atom. The van der Waals surface area contributed by atoms with E-state index < -0.39 is 5.41 Å². The highest BCUT2D eigenvalue weighted by atomic mass is 16.5. The first-order chi connectivity index (χ1) is 8.45. The van der Waals surface area contributed by atoms with E-state index in [0.29, 0.717) is 19.0 Å². The van der Waals surface area contributed by atoms with Gasteiger partial charge in [0.05, 0.1) is 24.7 Å². The van der Waals surface area contributed by atoms with Crippen molar-refractivity contribution < 1.29 is 9.53 Å². The van der Waals surface area contributed by atoms with Gasteiger partial charge in [-0.05, 0) is 13.8 Å². The van der Waals surface area contributed by atoms with Gasteiger partial charge in [0.2, 0.25) is 5.91 Å². The number of hydrogen-bond donors (Lipinski definition) is 2. The van der Waals surface area contributed by atoms with Gasteiger partial charge in [-0.2, -0.15) is 0 Å². The topological polar surface area (TPSA) is 95.1 Å². The van der Waals surface area contributed by atoms with Gasteiger partial charge >= 0.3 is 0 Å². The lowest BCUT2D eigenvalue weighted by molar-refractivity contribution is -0.131. The van der Waals surface area contributed by atoms with Crippen LogP contribution in [-0.2, 0) is 16.6 Å². The molecular weight excluding hydrogens is 234 g/mol. The average molecular weight is 253 g/mol. The van der Waals surface area contributed by atoms with E-state index in [4.69, 9.17) is 10.5 Å². The Bertz CT molecular complexity index is 446. The first-order valence-corrected chi connectivity index (χ1v) is 5.93. The number of nitrogens with two attached hydrogens (primary N) is 1. The van der Waals surface area contributed by atoms with E-state index in [1.165, 1.54) is 0 Å². The van der Waals surface area contributed by atoms with Gasteiger partial charge in [0, 0.05) is 13.1 Å². The van der Waals surface area contributed by atoms with Crippen LogP contribution < -0.4 is 11.1 Å². The van der Waals surface area contributed by atoms with Crippen LogP contribution in [0.3, 0.4) is 0 Å². The molecule has 7 nitrogen and oxygen atoms in total. The number of aromatic nitrogens is 3. The van der Waals surface area contributed by atoms with E-state index >= 15 is 0 Å². The Labute approximate surface area is 106 Å². The standard InChI is InChI=1S/C11H19N5O2/c1-7(9-15-13-6-16(9)3)14-10(17)11(2)5-18-4-8(11)12/h6-8H,4-5,12H2,1-3H3,(H,14,17). The van der Waals surface area contributed by atoms with Crippen LogP contribution in [0.15, 0.2) is 6.33 Å². The van der Waals surface area contributed by atoms with Crippen molar-refractivity contribution >= 4 is 5.91 Å². The van der Waals surface area contributed by atoms with E-state index in [1.54, 1.807) is 10.9 Å². The Hall–Kier alpha value is -1.47. The van der Waals surface area contributed by atoms with Crippen molar-refractivity contribution in [2.45, 2.75) is 25.9 Å². The lowest BCUT2D eigenvalue weighted by atomic mass is 9.84. The zero-order valence-electron chi connectivity index (χ0n) is 10.9. The van der Waals surface area contributed by atoms with Crippen LogP contribution in [0.1, 0.15) is 25.7 Å². The molecule has 1 fully saturated rings. The van der Waals surface area contributed by atoms with E-state index in [-0.39, 0.29) is 18.0 Å². The molecule has 3 atom stereocenters. The Morgan fingerprint density at radius 1 is 1.78 bits per heavy atom. The number of carbonyl (C=O) groups is 1. The first-order valence-electron chi connectivity index (χ1n) is 5.93. The van der Waals surface area contributed by atoms with Crippen LogP contribution in [-0.4, -0.2) is 39.9 Å². The molecule has 1 saturated heterocycles. The van der Waals surface area contributed by atoms with Gasteiger partial charge in [-0.3, -0.25) is 4.79 Å². The summed E-state index contributed by atoms with van der Waals surface area (Å²) in [7, 11) is 1.84. The fraction of sp³-hybridized carbons (Fsp3) is 0.727. The largest absolute Gasteiger partial charge is 0.379 e. The predicted molar refractivity (Wildman–Crippen MR) is 64.5 cm³/mol. The zero-order chi connectivity index (χ0) is 13.3. The summed E-state index contributed by atoms with van der Waals surface area (Å²) in [4.78, 5) is 12.3. The summed E-state index contributed by atoms with van der Waals surface area (Å²) in [6.07, 6.45) is 1.60. The lowest BCUT2D eigenvalue weighted by Crippen LogP contribution is -2.50. The smallest absolute Gasteiger partial charge is 0.230 e. The lowest BCUT2D eigenvalue weighted by Gasteiger charge is -2.27. The Balaban J connectivity index is 2.06. The van der Waals surface area contributed by atoms with Gasteiger partial charge in [-0.15, -0.1) is 10.2 Å². The van der Waals surface area contributed by atoms with Crippen LogP contribution in [0.4, 0.5) is 0 Å². The molecule has 1 amide bonds. The van der Waals surface area contributed by atoms with E-state index in [2.05, 4.69) is 15.5 Å². The predicted octanol–water partition coefficient (Wildman–Crippen LogP) is -0.644. The third-order valence-electron chi connectivity index (χ3n) is 3.52. The molecule has 1 aromatic rings. The summed E-state index contributed by atoms with van der Waals surface area (Å²) < 4.78 is 7.05. The molecule has 0 aliphatic carbocycles. The molecule has 1 aliphatic heterocycles. The SMILES string of the molecule is CC(NC(=O)C1(C)COCC1N)c1nncn1C. The Kier molecular flexibility index (Phi) is 3.36. The molecule has 2 rings (SSSR count). The third kappa shape index (κ3) is 2.11. The van der Waals surface area contributed by atoms with Crippen LogP contribution in [0.25, 0.3) is 0 Å². The molecule has 2 heterocycles. The van der Waals surface area contributed by atoms with Crippen LogP contribution in [0, 0.1) is 5.41 Å². The minimum Gasteiger partial charge on any atom is -0.379 e. The molecule has 0 radical (unpaired) electrons. The molecular formula is C11H19N5O2. The second-order valence-electron chi connectivity index (χ2n) is 5.03.